The van der Waals surface area contributed by atoms with Gasteiger partial charge in [-0.2, -0.15) is 0 Å². The average Bonchev–Trinajstić information content (AvgIpc) is 3.61. The second-order valence-corrected chi connectivity index (χ2v) is 10.0. The fourth-order valence-corrected chi connectivity index (χ4v) is 5.47. The zero-order valence-electron chi connectivity index (χ0n) is 21.8. The van der Waals surface area contributed by atoms with Crippen molar-refractivity contribution in [2.45, 2.75) is 18.5 Å². The number of nitro benzene ring substituents is 1. The number of aromatic nitrogens is 1. The number of non-ortho nitro benzene ring substituents is 1. The molecule has 1 amide bonds. The number of rotatable bonds is 8. The lowest BCUT2D eigenvalue weighted by Gasteiger charge is -2.26. The number of nitrogens with one attached hydrogen (secondary N) is 2. The Bertz CT molecular complexity index is 1730. The molecule has 9 nitrogen and oxygen atoms in total. The van der Waals surface area contributed by atoms with Gasteiger partial charge in [-0.3, -0.25) is 19.9 Å². The lowest BCUT2D eigenvalue weighted by molar-refractivity contribution is -0.384. The highest BCUT2D eigenvalue weighted by Crippen LogP contribution is 2.40. The van der Waals surface area contributed by atoms with Gasteiger partial charge in [0.15, 0.2) is 5.11 Å². The van der Waals surface area contributed by atoms with E-state index in [1.54, 1.807) is 18.3 Å². The smallest absolute Gasteiger partial charge is 0.269 e. The van der Waals surface area contributed by atoms with Crippen LogP contribution in [-0.2, 0) is 4.79 Å². The molecule has 3 heterocycles. The minimum absolute atomic E-state index is 0.00837. The van der Waals surface area contributed by atoms with Crippen LogP contribution in [0, 0.1) is 10.1 Å². The molecular formula is C31H25N5O4S. The Kier molecular flexibility index (Phi) is 7.13. The van der Waals surface area contributed by atoms with Crippen molar-refractivity contribution in [3.63, 3.8) is 0 Å². The number of anilines is 1. The molecule has 0 bridgehead atoms. The Morgan fingerprint density at radius 3 is 2.56 bits per heavy atom. The Labute approximate surface area is 241 Å². The monoisotopic (exact) mass is 563 g/mol. The molecule has 6 rings (SSSR count). The number of hydrogen-bond donors (Lipinski definition) is 2. The number of nitrogens with zero attached hydrogens (tertiary/aromatic N) is 3. The van der Waals surface area contributed by atoms with Crippen molar-refractivity contribution in [3.05, 3.63) is 125 Å². The predicted octanol–water partition coefficient (Wildman–Crippen LogP) is 6.40. The van der Waals surface area contributed by atoms with Crippen LogP contribution in [0.1, 0.15) is 30.0 Å². The molecule has 5 aromatic rings. The van der Waals surface area contributed by atoms with Crippen LogP contribution < -0.4 is 10.6 Å². The van der Waals surface area contributed by atoms with Crippen molar-refractivity contribution in [3.8, 4) is 11.3 Å². The van der Waals surface area contributed by atoms with E-state index in [4.69, 9.17) is 16.6 Å². The highest BCUT2D eigenvalue weighted by molar-refractivity contribution is 7.80. The number of fused-ring (bicyclic) bond motifs is 1. The number of hydrogen-bond acceptors (Lipinski definition) is 6. The van der Waals surface area contributed by atoms with Crippen molar-refractivity contribution in [1.82, 2.24) is 15.2 Å². The van der Waals surface area contributed by atoms with Gasteiger partial charge in [-0.1, -0.05) is 42.5 Å². The van der Waals surface area contributed by atoms with Gasteiger partial charge in [-0.25, -0.2) is 0 Å². The fraction of sp³-hybridized carbons (Fsp3) is 0.129. The van der Waals surface area contributed by atoms with Crippen LogP contribution in [0.5, 0.6) is 0 Å². The molecule has 0 aliphatic carbocycles. The van der Waals surface area contributed by atoms with E-state index in [1.165, 1.54) is 12.1 Å². The first-order valence-corrected chi connectivity index (χ1v) is 13.5. The van der Waals surface area contributed by atoms with Crippen LogP contribution in [0.2, 0.25) is 0 Å². The van der Waals surface area contributed by atoms with E-state index in [2.05, 4.69) is 15.6 Å². The van der Waals surface area contributed by atoms with Gasteiger partial charge in [0, 0.05) is 47.9 Å². The summed E-state index contributed by atoms with van der Waals surface area (Å²) in [4.78, 5) is 30.2. The number of furan rings is 1. The largest absolute Gasteiger partial charge is 0.459 e. The van der Waals surface area contributed by atoms with E-state index < -0.39 is 4.92 Å². The van der Waals surface area contributed by atoms with Crippen LogP contribution in [0.15, 0.2) is 108 Å². The highest BCUT2D eigenvalue weighted by atomic mass is 32.1. The highest BCUT2D eigenvalue weighted by Gasteiger charge is 2.41. The minimum atomic E-state index is -0.436. The molecule has 10 heteroatoms. The number of nitro groups is 1. The molecule has 0 radical (unpaired) electrons. The number of thiocarbonyl (C=S) groups is 1. The van der Waals surface area contributed by atoms with Gasteiger partial charge in [-0.15, -0.1) is 0 Å². The molecule has 41 heavy (non-hydrogen) atoms. The summed E-state index contributed by atoms with van der Waals surface area (Å²) in [6.45, 7) is 0.351. The average molecular weight is 564 g/mol. The van der Waals surface area contributed by atoms with E-state index in [0.29, 0.717) is 28.7 Å². The summed E-state index contributed by atoms with van der Waals surface area (Å²) in [5.41, 5.74) is 2.27. The molecule has 0 saturated carbocycles. The molecule has 3 aromatic carbocycles. The van der Waals surface area contributed by atoms with Crippen molar-refractivity contribution in [2.24, 2.45) is 0 Å². The quantitative estimate of drug-likeness (QED) is 0.127. The summed E-state index contributed by atoms with van der Waals surface area (Å²) in [5, 5.41) is 20.0. The van der Waals surface area contributed by atoms with E-state index >= 15 is 0 Å². The van der Waals surface area contributed by atoms with Crippen molar-refractivity contribution >= 4 is 45.4 Å². The van der Waals surface area contributed by atoms with Crippen molar-refractivity contribution in [2.75, 3.05) is 11.9 Å². The molecule has 2 N–H and O–H groups in total. The number of benzene rings is 3. The molecule has 1 aliphatic rings. The van der Waals surface area contributed by atoms with Gasteiger partial charge in [0.2, 0.25) is 5.91 Å². The molecule has 1 fully saturated rings. The topological polar surface area (TPSA) is 114 Å². The van der Waals surface area contributed by atoms with Gasteiger partial charge in [0.05, 0.1) is 16.7 Å². The number of amides is 1. The first-order valence-electron chi connectivity index (χ1n) is 13.1. The van der Waals surface area contributed by atoms with Gasteiger partial charge >= 0.3 is 0 Å². The molecule has 2 atom stereocenters. The molecule has 1 aliphatic heterocycles. The maximum absolute atomic E-state index is 13.1. The normalized spacial score (nSPS) is 16.5. The lowest BCUT2D eigenvalue weighted by atomic mass is 10.0. The lowest BCUT2D eigenvalue weighted by Crippen LogP contribution is -2.32. The van der Waals surface area contributed by atoms with Crippen LogP contribution >= 0.6 is 12.2 Å². The summed E-state index contributed by atoms with van der Waals surface area (Å²) in [5.74, 6) is 1.08. The van der Waals surface area contributed by atoms with E-state index in [9.17, 15) is 14.9 Å². The molecule has 2 aromatic heterocycles. The summed E-state index contributed by atoms with van der Waals surface area (Å²) in [7, 11) is 0. The van der Waals surface area contributed by atoms with Crippen molar-refractivity contribution in [1.29, 1.82) is 0 Å². The van der Waals surface area contributed by atoms with Gasteiger partial charge < -0.3 is 20.0 Å². The van der Waals surface area contributed by atoms with Crippen LogP contribution in [0.4, 0.5) is 11.4 Å². The number of carbonyl (C=O) groups is 1. The van der Waals surface area contributed by atoms with Gasteiger partial charge in [-0.05, 0) is 60.1 Å². The summed E-state index contributed by atoms with van der Waals surface area (Å²) in [6, 6.07) is 28.7. The molecule has 1 saturated heterocycles. The SMILES string of the molecule is O=C(CCN1C(=S)N[C@@H](c2ccccn2)[C@H]1c1ccc(-c2ccc([N+](=O)[O-])cc2)o1)Nc1cccc2ccccc12. The zero-order chi connectivity index (χ0) is 28.3. The van der Waals surface area contributed by atoms with Crippen LogP contribution in [0.3, 0.4) is 0 Å². The predicted molar refractivity (Wildman–Crippen MR) is 160 cm³/mol. The Balaban J connectivity index is 1.25. The maximum Gasteiger partial charge on any atom is 0.269 e. The minimum Gasteiger partial charge on any atom is -0.459 e. The van der Waals surface area contributed by atoms with E-state index in [0.717, 1.165) is 22.2 Å². The summed E-state index contributed by atoms with van der Waals surface area (Å²) >= 11 is 5.73. The molecule has 0 unspecified atom stereocenters. The third-order valence-corrected chi connectivity index (χ3v) is 7.47. The number of pyridine rings is 1. The second-order valence-electron chi connectivity index (χ2n) is 9.65. The maximum atomic E-state index is 13.1. The van der Waals surface area contributed by atoms with E-state index in [1.807, 2.05) is 77.7 Å². The first-order chi connectivity index (χ1) is 20.0. The Morgan fingerprint density at radius 2 is 1.78 bits per heavy atom. The van der Waals surface area contributed by atoms with Crippen LogP contribution in [-0.4, -0.2) is 32.4 Å². The zero-order valence-corrected chi connectivity index (χ0v) is 22.6. The third kappa shape index (κ3) is 5.37. The van der Waals surface area contributed by atoms with Crippen LogP contribution in [0.25, 0.3) is 22.1 Å². The molecular weight excluding hydrogens is 538 g/mol. The van der Waals surface area contributed by atoms with Gasteiger partial charge in [0.25, 0.3) is 5.69 Å². The standard InChI is InChI=1S/C31H25N5O4S/c37-28(33-24-10-5-7-20-6-1-2-8-23(20)24)17-19-35-30(29(34-31(35)41)25-9-3-4-18-32-25)27-16-15-26(40-27)21-11-13-22(14-12-21)36(38)39/h1-16,18,29-30H,17,19H2,(H,33,37)(H,34,41)/t29-,30+/m0/s1. The number of carbonyl (C=O) groups excluding carboxylic acids is 1. The Hall–Kier alpha value is -5.09. The fourth-order valence-electron chi connectivity index (χ4n) is 5.14. The Morgan fingerprint density at radius 1 is 1.00 bits per heavy atom. The summed E-state index contributed by atoms with van der Waals surface area (Å²) < 4.78 is 6.30. The molecule has 0 spiro atoms. The third-order valence-electron chi connectivity index (χ3n) is 7.12. The van der Waals surface area contributed by atoms with E-state index in [-0.39, 0.29) is 30.1 Å². The summed E-state index contributed by atoms with van der Waals surface area (Å²) in [6.07, 6.45) is 1.92. The van der Waals surface area contributed by atoms with Crippen molar-refractivity contribution < 1.29 is 14.1 Å². The first kappa shape index (κ1) is 26.1. The van der Waals surface area contributed by atoms with Gasteiger partial charge in [0.1, 0.15) is 17.6 Å². The molecule has 204 valence electrons. The second kappa shape index (κ2) is 11.2.